The van der Waals surface area contributed by atoms with Gasteiger partial charge in [-0.05, 0) is 25.1 Å². The number of pyridine rings is 1. The standard InChI is InChI=1S/C17H17N7O/c1-2-24(9-25)8-14-21-15-11-4-3-10(12-5-6-19-23-12)7-13(11)20-17(18)16(15)22-14/h3-7,9H,2,8H2,1H3,(H2,18,20)(H,19,23)(H,21,22). The molecule has 4 N–H and O–H groups in total. The fourth-order valence-electron chi connectivity index (χ4n) is 2.89. The van der Waals surface area contributed by atoms with Crippen molar-refractivity contribution in [1.82, 2.24) is 30.0 Å². The average molecular weight is 335 g/mol. The van der Waals surface area contributed by atoms with Crippen LogP contribution in [-0.2, 0) is 11.3 Å². The van der Waals surface area contributed by atoms with Crippen molar-refractivity contribution in [1.29, 1.82) is 0 Å². The lowest BCUT2D eigenvalue weighted by molar-refractivity contribution is -0.118. The maximum atomic E-state index is 11.0. The van der Waals surface area contributed by atoms with Gasteiger partial charge in [0.1, 0.15) is 22.7 Å². The summed E-state index contributed by atoms with van der Waals surface area (Å²) in [6.07, 6.45) is 2.51. The number of imidazole rings is 1. The quantitative estimate of drug-likeness (QED) is 0.483. The summed E-state index contributed by atoms with van der Waals surface area (Å²) in [5.41, 5.74) is 10.2. The lowest BCUT2D eigenvalue weighted by Gasteiger charge is -2.11. The molecule has 3 heterocycles. The summed E-state index contributed by atoms with van der Waals surface area (Å²) in [6.45, 7) is 2.93. The number of nitrogens with one attached hydrogen (secondary N) is 2. The van der Waals surface area contributed by atoms with Crippen molar-refractivity contribution in [2.75, 3.05) is 12.3 Å². The largest absolute Gasteiger partial charge is 0.382 e. The lowest BCUT2D eigenvalue weighted by atomic mass is 10.1. The van der Waals surface area contributed by atoms with Gasteiger partial charge in [0.2, 0.25) is 6.41 Å². The van der Waals surface area contributed by atoms with Crippen LogP contribution in [0.4, 0.5) is 5.82 Å². The first-order valence-corrected chi connectivity index (χ1v) is 7.96. The first-order chi connectivity index (χ1) is 12.2. The zero-order chi connectivity index (χ0) is 17.4. The second-order valence-corrected chi connectivity index (χ2v) is 5.77. The van der Waals surface area contributed by atoms with Gasteiger partial charge >= 0.3 is 0 Å². The summed E-state index contributed by atoms with van der Waals surface area (Å²) in [7, 11) is 0. The molecule has 25 heavy (non-hydrogen) atoms. The van der Waals surface area contributed by atoms with Crippen LogP contribution in [-0.4, -0.2) is 43.0 Å². The van der Waals surface area contributed by atoms with Gasteiger partial charge in [-0.1, -0.05) is 6.07 Å². The molecule has 0 aliphatic carbocycles. The van der Waals surface area contributed by atoms with Gasteiger partial charge in [-0.3, -0.25) is 9.89 Å². The smallest absolute Gasteiger partial charge is 0.210 e. The fourth-order valence-corrected chi connectivity index (χ4v) is 2.89. The number of anilines is 1. The zero-order valence-corrected chi connectivity index (χ0v) is 13.7. The van der Waals surface area contributed by atoms with Gasteiger partial charge in [-0.25, -0.2) is 9.97 Å². The molecule has 0 bridgehead atoms. The molecule has 1 amide bonds. The third kappa shape index (κ3) is 2.57. The Kier molecular flexibility index (Phi) is 3.57. The molecule has 4 rings (SSSR count). The fraction of sp³-hybridized carbons (Fsp3) is 0.176. The van der Waals surface area contributed by atoms with Crippen molar-refractivity contribution in [2.24, 2.45) is 0 Å². The number of hydrogen-bond acceptors (Lipinski definition) is 5. The summed E-state index contributed by atoms with van der Waals surface area (Å²) in [5, 5.41) is 7.82. The van der Waals surface area contributed by atoms with E-state index in [4.69, 9.17) is 5.73 Å². The Labute approximate surface area is 143 Å². The molecule has 0 unspecified atom stereocenters. The van der Waals surface area contributed by atoms with Gasteiger partial charge in [0.05, 0.1) is 17.8 Å². The Balaban J connectivity index is 1.85. The van der Waals surface area contributed by atoms with Crippen LogP contribution in [0.1, 0.15) is 12.7 Å². The first-order valence-electron chi connectivity index (χ1n) is 7.96. The zero-order valence-electron chi connectivity index (χ0n) is 13.7. The maximum absolute atomic E-state index is 11.0. The molecule has 4 aromatic rings. The van der Waals surface area contributed by atoms with E-state index in [0.29, 0.717) is 30.2 Å². The number of fused-ring (bicyclic) bond motifs is 3. The van der Waals surface area contributed by atoms with Crippen molar-refractivity contribution in [2.45, 2.75) is 13.5 Å². The predicted molar refractivity (Wildman–Crippen MR) is 95.5 cm³/mol. The summed E-state index contributed by atoms with van der Waals surface area (Å²) in [6, 6.07) is 7.82. The van der Waals surface area contributed by atoms with Crippen LogP contribution < -0.4 is 5.73 Å². The Morgan fingerprint density at radius 2 is 2.16 bits per heavy atom. The van der Waals surface area contributed by atoms with E-state index in [1.807, 2.05) is 31.2 Å². The van der Waals surface area contributed by atoms with Crippen molar-refractivity contribution in [3.8, 4) is 11.3 Å². The lowest BCUT2D eigenvalue weighted by Crippen LogP contribution is -2.21. The van der Waals surface area contributed by atoms with Gasteiger partial charge in [0.25, 0.3) is 0 Å². The molecule has 3 aromatic heterocycles. The number of hydrogen-bond donors (Lipinski definition) is 3. The van der Waals surface area contributed by atoms with Gasteiger partial charge in [-0.2, -0.15) is 5.10 Å². The molecule has 0 fully saturated rings. The predicted octanol–water partition coefficient (Wildman–Crippen LogP) is 2.06. The average Bonchev–Trinajstić information content (AvgIpc) is 3.29. The number of nitrogens with zero attached hydrogens (tertiary/aromatic N) is 4. The molecule has 126 valence electrons. The van der Waals surface area contributed by atoms with E-state index in [2.05, 4.69) is 25.1 Å². The number of nitrogen functional groups attached to an aromatic ring is 1. The normalized spacial score (nSPS) is 11.2. The van der Waals surface area contributed by atoms with E-state index in [1.165, 1.54) is 0 Å². The van der Waals surface area contributed by atoms with Crippen molar-refractivity contribution in [3.05, 3.63) is 36.3 Å². The number of benzene rings is 1. The number of H-pyrrole nitrogens is 2. The maximum Gasteiger partial charge on any atom is 0.210 e. The molecular weight excluding hydrogens is 318 g/mol. The minimum atomic E-state index is 0.386. The van der Waals surface area contributed by atoms with Crippen LogP contribution in [0.15, 0.2) is 30.5 Å². The number of nitrogens with two attached hydrogens (primary N) is 1. The number of aromatic amines is 2. The summed E-state index contributed by atoms with van der Waals surface area (Å²) in [5.74, 6) is 1.07. The number of rotatable bonds is 5. The van der Waals surface area contributed by atoms with E-state index in [0.717, 1.165) is 34.1 Å². The Bertz CT molecular complexity index is 1050. The van der Waals surface area contributed by atoms with Gasteiger partial charge < -0.3 is 15.6 Å². The molecule has 0 aliphatic heterocycles. The third-order valence-electron chi connectivity index (χ3n) is 4.22. The Morgan fingerprint density at radius 1 is 1.28 bits per heavy atom. The molecule has 0 atom stereocenters. The van der Waals surface area contributed by atoms with Gasteiger partial charge in [0.15, 0.2) is 0 Å². The highest BCUT2D eigenvalue weighted by atomic mass is 16.1. The van der Waals surface area contributed by atoms with Crippen molar-refractivity contribution < 1.29 is 4.79 Å². The summed E-state index contributed by atoms with van der Waals surface area (Å²) in [4.78, 5) is 25.0. The second kappa shape index (κ2) is 5.90. The molecule has 0 spiro atoms. The van der Waals surface area contributed by atoms with Crippen LogP contribution in [0.25, 0.3) is 33.2 Å². The van der Waals surface area contributed by atoms with Crippen LogP contribution in [0.5, 0.6) is 0 Å². The van der Waals surface area contributed by atoms with Crippen LogP contribution >= 0.6 is 0 Å². The summed E-state index contributed by atoms with van der Waals surface area (Å²) < 4.78 is 0. The molecule has 8 nitrogen and oxygen atoms in total. The van der Waals surface area contributed by atoms with Crippen molar-refractivity contribution >= 4 is 34.2 Å². The molecular formula is C17H17N7O. The first kappa shape index (κ1) is 15.1. The van der Waals surface area contributed by atoms with Crippen molar-refractivity contribution in [3.63, 3.8) is 0 Å². The number of carbonyl (C=O) groups is 1. The topological polar surface area (TPSA) is 117 Å². The minimum absolute atomic E-state index is 0.386. The highest BCUT2D eigenvalue weighted by Crippen LogP contribution is 2.29. The van der Waals surface area contributed by atoms with E-state index < -0.39 is 0 Å². The van der Waals surface area contributed by atoms with Crippen LogP contribution in [0.2, 0.25) is 0 Å². The van der Waals surface area contributed by atoms with Crippen LogP contribution in [0.3, 0.4) is 0 Å². The second-order valence-electron chi connectivity index (χ2n) is 5.77. The van der Waals surface area contributed by atoms with E-state index in [-0.39, 0.29) is 0 Å². The Hall–Kier alpha value is -3.42. The highest BCUT2D eigenvalue weighted by Gasteiger charge is 2.14. The SMILES string of the molecule is CCN(C=O)Cc1nc2c([nH]1)c(N)nc1cc(-c3ccn[nH]3)ccc12. The monoisotopic (exact) mass is 335 g/mol. The van der Waals surface area contributed by atoms with Gasteiger partial charge in [0, 0.05) is 23.7 Å². The molecule has 0 aliphatic rings. The molecule has 8 heteroatoms. The number of carbonyl (C=O) groups excluding carboxylic acids is 1. The Morgan fingerprint density at radius 3 is 2.88 bits per heavy atom. The number of aromatic nitrogens is 5. The summed E-state index contributed by atoms with van der Waals surface area (Å²) >= 11 is 0. The minimum Gasteiger partial charge on any atom is -0.382 e. The van der Waals surface area contributed by atoms with Crippen LogP contribution in [0, 0.1) is 0 Å². The molecule has 0 saturated heterocycles. The van der Waals surface area contributed by atoms with E-state index in [9.17, 15) is 4.79 Å². The van der Waals surface area contributed by atoms with E-state index in [1.54, 1.807) is 11.1 Å². The molecule has 0 radical (unpaired) electrons. The highest BCUT2D eigenvalue weighted by molar-refractivity contribution is 6.07. The molecule has 1 aromatic carbocycles. The van der Waals surface area contributed by atoms with E-state index >= 15 is 0 Å². The van der Waals surface area contributed by atoms with Gasteiger partial charge in [-0.15, -0.1) is 0 Å². The number of amides is 1. The third-order valence-corrected chi connectivity index (χ3v) is 4.22. The molecule has 0 saturated carbocycles.